The first-order valence-electron chi connectivity index (χ1n) is 5.18. The van der Waals surface area contributed by atoms with E-state index in [1.807, 2.05) is 0 Å². The minimum Gasteiger partial charge on any atom is -0.377 e. The summed E-state index contributed by atoms with van der Waals surface area (Å²) >= 11 is 1.71. The first-order chi connectivity index (χ1) is 7.16. The SMILES string of the molecule is CCC(C)(OC)C(Cc1ccsc1)NN. The average molecular weight is 228 g/mol. The second kappa shape index (κ2) is 5.61. The van der Waals surface area contributed by atoms with Crippen molar-refractivity contribution >= 4 is 11.3 Å². The summed E-state index contributed by atoms with van der Waals surface area (Å²) in [6, 6.07) is 2.27. The van der Waals surface area contributed by atoms with Gasteiger partial charge in [0.15, 0.2) is 0 Å². The summed E-state index contributed by atoms with van der Waals surface area (Å²) in [6.45, 7) is 4.20. The average Bonchev–Trinajstić information content (AvgIpc) is 2.77. The van der Waals surface area contributed by atoms with Crippen molar-refractivity contribution in [2.45, 2.75) is 38.3 Å². The van der Waals surface area contributed by atoms with Crippen LogP contribution in [0.2, 0.25) is 0 Å². The molecule has 2 atom stereocenters. The molecule has 3 N–H and O–H groups in total. The van der Waals surface area contributed by atoms with Crippen LogP contribution < -0.4 is 11.3 Å². The Hall–Kier alpha value is -0.420. The molecule has 4 heteroatoms. The fourth-order valence-electron chi connectivity index (χ4n) is 1.63. The van der Waals surface area contributed by atoms with Crippen molar-refractivity contribution in [1.29, 1.82) is 0 Å². The van der Waals surface area contributed by atoms with E-state index in [1.54, 1.807) is 18.4 Å². The van der Waals surface area contributed by atoms with Gasteiger partial charge in [0, 0.05) is 7.11 Å². The topological polar surface area (TPSA) is 47.3 Å². The molecule has 1 aromatic heterocycles. The molecule has 2 unspecified atom stereocenters. The lowest BCUT2D eigenvalue weighted by Crippen LogP contribution is -2.53. The standard InChI is InChI=1S/C11H20N2OS/c1-4-11(2,14-3)10(13-12)7-9-5-6-15-8-9/h5-6,8,10,13H,4,7,12H2,1-3H3. The Bertz CT molecular complexity index is 270. The summed E-state index contributed by atoms with van der Waals surface area (Å²) in [5.74, 6) is 5.60. The van der Waals surface area contributed by atoms with Gasteiger partial charge in [-0.15, -0.1) is 0 Å². The zero-order valence-corrected chi connectivity index (χ0v) is 10.4. The van der Waals surface area contributed by atoms with Crippen LogP contribution in [0.3, 0.4) is 0 Å². The summed E-state index contributed by atoms with van der Waals surface area (Å²) in [5, 5.41) is 4.23. The van der Waals surface area contributed by atoms with E-state index in [-0.39, 0.29) is 11.6 Å². The Morgan fingerprint density at radius 3 is 2.80 bits per heavy atom. The summed E-state index contributed by atoms with van der Waals surface area (Å²) in [4.78, 5) is 0. The van der Waals surface area contributed by atoms with Crippen LogP contribution in [-0.4, -0.2) is 18.8 Å². The van der Waals surface area contributed by atoms with Crippen LogP contribution in [0.15, 0.2) is 16.8 Å². The van der Waals surface area contributed by atoms with Gasteiger partial charge >= 0.3 is 0 Å². The monoisotopic (exact) mass is 228 g/mol. The molecule has 0 aliphatic carbocycles. The maximum atomic E-state index is 5.60. The third kappa shape index (κ3) is 3.01. The molecule has 1 heterocycles. The zero-order chi connectivity index (χ0) is 11.3. The number of ether oxygens (including phenoxy) is 1. The van der Waals surface area contributed by atoms with Crippen LogP contribution in [-0.2, 0) is 11.2 Å². The number of hydrogen-bond acceptors (Lipinski definition) is 4. The molecule has 0 bridgehead atoms. The Kier molecular flexibility index (Phi) is 4.73. The number of nitrogens with two attached hydrogens (primary N) is 1. The molecule has 0 aliphatic heterocycles. The predicted octanol–water partition coefficient (Wildman–Crippen LogP) is 1.94. The first-order valence-corrected chi connectivity index (χ1v) is 6.13. The van der Waals surface area contributed by atoms with Gasteiger partial charge < -0.3 is 4.74 Å². The maximum absolute atomic E-state index is 5.60. The van der Waals surface area contributed by atoms with Gasteiger partial charge in [0.2, 0.25) is 0 Å². The van der Waals surface area contributed by atoms with Crippen LogP contribution in [0.25, 0.3) is 0 Å². The molecular formula is C11H20N2OS. The quantitative estimate of drug-likeness (QED) is 0.578. The lowest BCUT2D eigenvalue weighted by molar-refractivity contribution is -0.0288. The Labute approximate surface area is 95.6 Å². The van der Waals surface area contributed by atoms with Crippen molar-refractivity contribution in [3.63, 3.8) is 0 Å². The Morgan fingerprint density at radius 1 is 1.67 bits per heavy atom. The second-order valence-corrected chi connectivity index (χ2v) is 4.71. The van der Waals surface area contributed by atoms with Crippen LogP contribution in [0.5, 0.6) is 0 Å². The third-order valence-electron chi connectivity index (χ3n) is 3.13. The van der Waals surface area contributed by atoms with E-state index in [4.69, 9.17) is 10.6 Å². The first kappa shape index (κ1) is 12.6. The van der Waals surface area contributed by atoms with E-state index in [1.165, 1.54) is 5.56 Å². The van der Waals surface area contributed by atoms with Gasteiger partial charge in [0.1, 0.15) is 0 Å². The van der Waals surface area contributed by atoms with Crippen molar-refractivity contribution in [3.8, 4) is 0 Å². The second-order valence-electron chi connectivity index (χ2n) is 3.93. The molecule has 15 heavy (non-hydrogen) atoms. The molecule has 3 nitrogen and oxygen atoms in total. The lowest BCUT2D eigenvalue weighted by Gasteiger charge is -2.35. The van der Waals surface area contributed by atoms with Gasteiger partial charge in [-0.2, -0.15) is 11.3 Å². The van der Waals surface area contributed by atoms with Gasteiger partial charge in [0.25, 0.3) is 0 Å². The fourth-order valence-corrected chi connectivity index (χ4v) is 2.31. The van der Waals surface area contributed by atoms with E-state index < -0.39 is 0 Å². The van der Waals surface area contributed by atoms with E-state index in [0.29, 0.717) is 0 Å². The molecule has 1 aromatic rings. The summed E-state index contributed by atoms with van der Waals surface area (Å²) in [7, 11) is 1.74. The summed E-state index contributed by atoms with van der Waals surface area (Å²) in [5.41, 5.74) is 3.96. The summed E-state index contributed by atoms with van der Waals surface area (Å²) < 4.78 is 5.55. The number of nitrogens with one attached hydrogen (secondary N) is 1. The number of hydrazine groups is 1. The number of thiophene rings is 1. The van der Waals surface area contributed by atoms with Gasteiger partial charge in [-0.05, 0) is 42.2 Å². The molecule has 0 saturated carbocycles. The lowest BCUT2D eigenvalue weighted by atomic mass is 9.89. The van der Waals surface area contributed by atoms with Gasteiger partial charge in [-0.3, -0.25) is 11.3 Å². The minimum absolute atomic E-state index is 0.141. The zero-order valence-electron chi connectivity index (χ0n) is 9.62. The van der Waals surface area contributed by atoms with Crippen LogP contribution >= 0.6 is 11.3 Å². The van der Waals surface area contributed by atoms with E-state index in [0.717, 1.165) is 12.8 Å². The van der Waals surface area contributed by atoms with Crippen molar-refractivity contribution in [3.05, 3.63) is 22.4 Å². The largest absolute Gasteiger partial charge is 0.377 e. The van der Waals surface area contributed by atoms with E-state index >= 15 is 0 Å². The highest BCUT2D eigenvalue weighted by molar-refractivity contribution is 7.07. The number of methoxy groups -OCH3 is 1. The van der Waals surface area contributed by atoms with Crippen molar-refractivity contribution in [1.82, 2.24) is 5.43 Å². The van der Waals surface area contributed by atoms with Gasteiger partial charge in [-0.1, -0.05) is 6.92 Å². The highest BCUT2D eigenvalue weighted by Gasteiger charge is 2.31. The van der Waals surface area contributed by atoms with Gasteiger partial charge in [0.05, 0.1) is 11.6 Å². The molecule has 0 saturated heterocycles. The third-order valence-corrected chi connectivity index (χ3v) is 3.86. The molecule has 0 spiro atoms. The molecule has 0 amide bonds. The highest BCUT2D eigenvalue weighted by Crippen LogP contribution is 2.22. The predicted molar refractivity (Wildman–Crippen MR) is 64.8 cm³/mol. The van der Waals surface area contributed by atoms with E-state index in [9.17, 15) is 0 Å². The normalized spacial score (nSPS) is 17.3. The highest BCUT2D eigenvalue weighted by atomic mass is 32.1. The molecular weight excluding hydrogens is 208 g/mol. The van der Waals surface area contributed by atoms with Crippen LogP contribution in [0.1, 0.15) is 25.8 Å². The Morgan fingerprint density at radius 2 is 2.40 bits per heavy atom. The Balaban J connectivity index is 2.70. The van der Waals surface area contributed by atoms with Crippen LogP contribution in [0.4, 0.5) is 0 Å². The maximum Gasteiger partial charge on any atom is 0.0817 e. The van der Waals surface area contributed by atoms with Crippen molar-refractivity contribution in [2.75, 3.05) is 7.11 Å². The van der Waals surface area contributed by atoms with Crippen molar-refractivity contribution in [2.24, 2.45) is 5.84 Å². The smallest absolute Gasteiger partial charge is 0.0817 e. The molecule has 1 rings (SSSR count). The number of hydrogen-bond donors (Lipinski definition) is 2. The molecule has 0 radical (unpaired) electrons. The molecule has 0 fully saturated rings. The molecule has 86 valence electrons. The minimum atomic E-state index is -0.212. The van der Waals surface area contributed by atoms with E-state index in [2.05, 4.69) is 36.1 Å². The van der Waals surface area contributed by atoms with Crippen LogP contribution in [0, 0.1) is 0 Å². The number of rotatable bonds is 6. The van der Waals surface area contributed by atoms with Gasteiger partial charge in [-0.25, -0.2) is 0 Å². The summed E-state index contributed by atoms with van der Waals surface area (Å²) in [6.07, 6.45) is 1.83. The molecule has 0 aliphatic rings. The molecule has 0 aromatic carbocycles. The van der Waals surface area contributed by atoms with Crippen molar-refractivity contribution < 1.29 is 4.74 Å². The fraction of sp³-hybridized carbons (Fsp3) is 0.636.